The summed E-state index contributed by atoms with van der Waals surface area (Å²) in [7, 11) is 0. The van der Waals surface area contributed by atoms with Crippen molar-refractivity contribution in [2.24, 2.45) is 0 Å². The maximum absolute atomic E-state index is 13.3. The first-order valence-electron chi connectivity index (χ1n) is 6.12. The summed E-state index contributed by atoms with van der Waals surface area (Å²) in [6.45, 7) is 0. The Hall–Kier alpha value is -2.76. The fraction of sp³-hybridized carbons (Fsp3) is 0. The van der Waals surface area contributed by atoms with E-state index < -0.39 is 17.5 Å². The highest BCUT2D eigenvalue weighted by atomic mass is 19.2. The van der Waals surface area contributed by atoms with Crippen molar-refractivity contribution in [1.82, 2.24) is 9.78 Å². The summed E-state index contributed by atoms with van der Waals surface area (Å²) >= 11 is 0. The lowest BCUT2D eigenvalue weighted by atomic mass is 10.1. The average molecular weight is 289 g/mol. The van der Waals surface area contributed by atoms with E-state index in [-0.39, 0.29) is 11.3 Å². The summed E-state index contributed by atoms with van der Waals surface area (Å²) in [5, 5.41) is 4.20. The van der Waals surface area contributed by atoms with Crippen molar-refractivity contribution in [2.75, 3.05) is 5.73 Å². The summed E-state index contributed by atoms with van der Waals surface area (Å²) < 4.78 is 41.0. The number of nitrogens with two attached hydrogens (primary N) is 1. The van der Waals surface area contributed by atoms with E-state index in [1.54, 1.807) is 12.1 Å². The Labute approximate surface area is 118 Å². The quantitative estimate of drug-likeness (QED) is 0.733. The molecule has 0 unspecified atom stereocenters. The van der Waals surface area contributed by atoms with Crippen LogP contribution in [0.2, 0.25) is 0 Å². The molecule has 0 aliphatic heterocycles. The molecule has 0 saturated carbocycles. The Bertz CT molecular complexity index is 774. The van der Waals surface area contributed by atoms with Crippen molar-refractivity contribution in [2.45, 2.75) is 0 Å². The highest BCUT2D eigenvalue weighted by molar-refractivity contribution is 5.63. The minimum Gasteiger partial charge on any atom is -0.384 e. The van der Waals surface area contributed by atoms with E-state index in [0.29, 0.717) is 11.5 Å². The Morgan fingerprint density at radius 2 is 1.52 bits per heavy atom. The third-order valence-electron chi connectivity index (χ3n) is 3.02. The van der Waals surface area contributed by atoms with E-state index in [2.05, 4.69) is 5.10 Å². The largest absolute Gasteiger partial charge is 0.384 e. The van der Waals surface area contributed by atoms with Gasteiger partial charge in [0.15, 0.2) is 17.5 Å². The van der Waals surface area contributed by atoms with Crippen LogP contribution in [-0.4, -0.2) is 9.78 Å². The average Bonchev–Trinajstić information content (AvgIpc) is 2.87. The van der Waals surface area contributed by atoms with Crippen LogP contribution in [0.1, 0.15) is 0 Å². The van der Waals surface area contributed by atoms with Crippen molar-refractivity contribution in [3.8, 4) is 16.9 Å². The number of aromatic nitrogens is 2. The Morgan fingerprint density at radius 3 is 2.14 bits per heavy atom. The van der Waals surface area contributed by atoms with Gasteiger partial charge in [0.05, 0.1) is 11.4 Å². The highest BCUT2D eigenvalue weighted by Crippen LogP contribution is 2.25. The zero-order chi connectivity index (χ0) is 15.0. The lowest BCUT2D eigenvalue weighted by Crippen LogP contribution is -2.01. The minimum absolute atomic E-state index is 0.118. The molecule has 3 nitrogen and oxygen atoms in total. The van der Waals surface area contributed by atoms with Crippen molar-refractivity contribution in [3.05, 3.63) is 66.0 Å². The van der Waals surface area contributed by atoms with Crippen molar-refractivity contribution < 1.29 is 13.2 Å². The van der Waals surface area contributed by atoms with E-state index >= 15 is 0 Å². The molecule has 21 heavy (non-hydrogen) atoms. The molecule has 1 heterocycles. The third-order valence-corrected chi connectivity index (χ3v) is 3.02. The van der Waals surface area contributed by atoms with Crippen LogP contribution in [0.3, 0.4) is 0 Å². The predicted molar refractivity (Wildman–Crippen MR) is 73.3 cm³/mol. The second-order valence-electron chi connectivity index (χ2n) is 4.46. The van der Waals surface area contributed by atoms with Gasteiger partial charge in [0.2, 0.25) is 0 Å². The molecule has 0 spiro atoms. The number of rotatable bonds is 2. The summed E-state index contributed by atoms with van der Waals surface area (Å²) in [5.41, 5.74) is 6.94. The Morgan fingerprint density at radius 1 is 0.905 bits per heavy atom. The smallest absolute Gasteiger partial charge is 0.194 e. The molecule has 0 fully saturated rings. The van der Waals surface area contributed by atoms with Crippen LogP contribution < -0.4 is 5.73 Å². The topological polar surface area (TPSA) is 43.8 Å². The van der Waals surface area contributed by atoms with Gasteiger partial charge in [0.25, 0.3) is 0 Å². The van der Waals surface area contributed by atoms with Crippen LogP contribution in [0.5, 0.6) is 0 Å². The van der Waals surface area contributed by atoms with Gasteiger partial charge in [-0.25, -0.2) is 17.9 Å². The first-order valence-corrected chi connectivity index (χ1v) is 6.12. The van der Waals surface area contributed by atoms with Gasteiger partial charge >= 0.3 is 0 Å². The molecule has 106 valence electrons. The van der Waals surface area contributed by atoms with Crippen LogP contribution in [0.4, 0.5) is 19.0 Å². The second kappa shape index (κ2) is 4.97. The number of hydrogen-bond acceptors (Lipinski definition) is 2. The van der Waals surface area contributed by atoms with Crippen LogP contribution in [-0.2, 0) is 0 Å². The fourth-order valence-electron chi connectivity index (χ4n) is 2.02. The molecule has 0 radical (unpaired) electrons. The lowest BCUT2D eigenvalue weighted by Gasteiger charge is -2.03. The summed E-state index contributed by atoms with van der Waals surface area (Å²) in [4.78, 5) is 0. The van der Waals surface area contributed by atoms with Crippen LogP contribution in [0.25, 0.3) is 16.9 Å². The van der Waals surface area contributed by atoms with Crippen molar-refractivity contribution in [1.29, 1.82) is 0 Å². The van der Waals surface area contributed by atoms with Gasteiger partial charge < -0.3 is 5.73 Å². The van der Waals surface area contributed by atoms with Gasteiger partial charge in [-0.15, -0.1) is 0 Å². The standard InChI is InChI=1S/C15H10F3N3/c16-11-6-9(7-12(17)15(11)18)13-8-14(19)21(20-13)10-4-2-1-3-5-10/h1-8H,19H2. The molecule has 0 amide bonds. The Kier molecular flexibility index (Phi) is 3.13. The van der Waals surface area contributed by atoms with E-state index in [1.807, 2.05) is 18.2 Å². The first-order chi connectivity index (χ1) is 10.1. The lowest BCUT2D eigenvalue weighted by molar-refractivity contribution is 0.447. The number of anilines is 1. The van der Waals surface area contributed by atoms with E-state index in [0.717, 1.165) is 12.1 Å². The summed E-state index contributed by atoms with van der Waals surface area (Å²) in [6, 6.07) is 12.3. The molecule has 0 aliphatic rings. The van der Waals surface area contributed by atoms with Crippen molar-refractivity contribution in [3.63, 3.8) is 0 Å². The predicted octanol–water partition coefficient (Wildman–Crippen LogP) is 3.54. The van der Waals surface area contributed by atoms with Crippen LogP contribution in [0.15, 0.2) is 48.5 Å². The molecule has 0 atom stereocenters. The number of hydrogen-bond donors (Lipinski definition) is 1. The normalized spacial score (nSPS) is 10.8. The molecule has 2 N–H and O–H groups in total. The van der Waals surface area contributed by atoms with Gasteiger partial charge in [-0.05, 0) is 24.3 Å². The highest BCUT2D eigenvalue weighted by Gasteiger charge is 2.15. The monoisotopic (exact) mass is 289 g/mol. The van der Waals surface area contributed by atoms with Crippen LogP contribution >= 0.6 is 0 Å². The van der Waals surface area contributed by atoms with E-state index in [4.69, 9.17) is 5.73 Å². The zero-order valence-corrected chi connectivity index (χ0v) is 10.7. The van der Waals surface area contributed by atoms with Gasteiger partial charge in [-0.3, -0.25) is 0 Å². The molecule has 3 aromatic rings. The fourth-order valence-corrected chi connectivity index (χ4v) is 2.02. The van der Waals surface area contributed by atoms with E-state index in [1.165, 1.54) is 10.7 Å². The maximum atomic E-state index is 13.3. The maximum Gasteiger partial charge on any atom is 0.194 e. The zero-order valence-electron chi connectivity index (χ0n) is 10.7. The minimum atomic E-state index is -1.51. The molecular formula is C15H10F3N3. The molecule has 2 aromatic carbocycles. The third kappa shape index (κ3) is 2.35. The van der Waals surface area contributed by atoms with Gasteiger partial charge in [0, 0.05) is 11.6 Å². The number of nitrogens with zero attached hydrogens (tertiary/aromatic N) is 2. The molecule has 0 bridgehead atoms. The number of para-hydroxylation sites is 1. The molecule has 0 aliphatic carbocycles. The van der Waals surface area contributed by atoms with Crippen LogP contribution in [0, 0.1) is 17.5 Å². The number of nitrogen functional groups attached to an aromatic ring is 1. The van der Waals surface area contributed by atoms with E-state index in [9.17, 15) is 13.2 Å². The summed E-state index contributed by atoms with van der Waals surface area (Å²) in [6.07, 6.45) is 0. The Balaban J connectivity index is 2.10. The summed E-state index contributed by atoms with van der Waals surface area (Å²) in [5.74, 6) is -3.73. The number of halogens is 3. The molecule has 1 aromatic heterocycles. The van der Waals surface area contributed by atoms with Crippen molar-refractivity contribution >= 4 is 5.82 Å². The molecule has 0 saturated heterocycles. The molecule has 3 rings (SSSR count). The second-order valence-corrected chi connectivity index (χ2v) is 4.46. The van der Waals surface area contributed by atoms with Gasteiger partial charge in [-0.2, -0.15) is 5.10 Å². The van der Waals surface area contributed by atoms with Gasteiger partial charge in [-0.1, -0.05) is 18.2 Å². The molecular weight excluding hydrogens is 279 g/mol. The van der Waals surface area contributed by atoms with Gasteiger partial charge in [0.1, 0.15) is 5.82 Å². The molecule has 6 heteroatoms. The SMILES string of the molecule is Nc1cc(-c2cc(F)c(F)c(F)c2)nn1-c1ccccc1. The number of benzene rings is 2. The first kappa shape index (κ1) is 13.2.